The van der Waals surface area contributed by atoms with Crippen LogP contribution >= 0.6 is 0 Å². The molecule has 4 nitrogen and oxygen atoms in total. The Morgan fingerprint density at radius 3 is 2.48 bits per heavy atom. The van der Waals surface area contributed by atoms with Gasteiger partial charge in [-0.3, -0.25) is 9.69 Å². The summed E-state index contributed by atoms with van der Waals surface area (Å²) >= 11 is 0. The number of fused-ring (bicyclic) bond motifs is 1. The Morgan fingerprint density at radius 2 is 1.68 bits per heavy atom. The molecule has 0 aromatic heterocycles. The highest BCUT2D eigenvalue weighted by Crippen LogP contribution is 2.31. The fourth-order valence-electron chi connectivity index (χ4n) is 4.01. The Morgan fingerprint density at radius 1 is 0.960 bits per heavy atom. The molecule has 4 rings (SSSR count). The quantitative estimate of drug-likeness (QED) is 0.908. The molecule has 130 valence electrons. The SMILES string of the molecule is O=C(Cc1ccccc1)C(N1CCNCC1)N1CCc2ccccc21. The van der Waals surface area contributed by atoms with E-state index < -0.39 is 0 Å². The van der Waals surface area contributed by atoms with E-state index in [1.807, 2.05) is 30.3 Å². The predicted molar refractivity (Wildman–Crippen MR) is 101 cm³/mol. The number of ketones is 1. The molecule has 0 radical (unpaired) electrons. The minimum atomic E-state index is -0.161. The molecule has 0 aliphatic carbocycles. The number of piperazine rings is 1. The zero-order valence-corrected chi connectivity index (χ0v) is 14.5. The Bertz CT molecular complexity index is 725. The molecule has 2 aromatic rings. The molecule has 0 amide bonds. The van der Waals surface area contributed by atoms with Crippen molar-refractivity contribution in [3.8, 4) is 0 Å². The van der Waals surface area contributed by atoms with Gasteiger partial charge in [0.25, 0.3) is 0 Å². The van der Waals surface area contributed by atoms with Gasteiger partial charge in [-0.2, -0.15) is 0 Å². The second kappa shape index (κ2) is 7.38. The Kier molecular flexibility index (Phi) is 4.81. The number of hydrogen-bond donors (Lipinski definition) is 1. The molecule has 0 saturated carbocycles. The molecule has 0 bridgehead atoms. The lowest BCUT2D eigenvalue weighted by atomic mass is 10.1. The van der Waals surface area contributed by atoms with Crippen LogP contribution in [0.4, 0.5) is 5.69 Å². The van der Waals surface area contributed by atoms with E-state index in [1.54, 1.807) is 0 Å². The van der Waals surface area contributed by atoms with Gasteiger partial charge in [-0.1, -0.05) is 48.5 Å². The van der Waals surface area contributed by atoms with Gasteiger partial charge in [0.05, 0.1) is 0 Å². The van der Waals surface area contributed by atoms with Gasteiger partial charge < -0.3 is 10.2 Å². The van der Waals surface area contributed by atoms with Crippen LogP contribution in [0.15, 0.2) is 54.6 Å². The smallest absolute Gasteiger partial charge is 0.174 e. The lowest BCUT2D eigenvalue weighted by Gasteiger charge is -2.40. The molecule has 1 saturated heterocycles. The summed E-state index contributed by atoms with van der Waals surface area (Å²) in [6, 6.07) is 18.6. The van der Waals surface area contributed by atoms with E-state index in [4.69, 9.17) is 0 Å². The summed E-state index contributed by atoms with van der Waals surface area (Å²) in [5.41, 5.74) is 3.68. The van der Waals surface area contributed by atoms with Crippen LogP contribution in [0.2, 0.25) is 0 Å². The molecule has 0 spiro atoms. The molecule has 2 aliphatic rings. The topological polar surface area (TPSA) is 35.6 Å². The third-order valence-corrected chi connectivity index (χ3v) is 5.22. The first-order valence-electron chi connectivity index (χ1n) is 9.19. The molecule has 1 atom stereocenters. The first-order valence-corrected chi connectivity index (χ1v) is 9.19. The summed E-state index contributed by atoms with van der Waals surface area (Å²) in [6.45, 7) is 4.66. The van der Waals surface area contributed by atoms with Crippen molar-refractivity contribution < 1.29 is 4.79 Å². The van der Waals surface area contributed by atoms with Crippen LogP contribution < -0.4 is 10.2 Å². The van der Waals surface area contributed by atoms with Crippen molar-refractivity contribution in [3.05, 3.63) is 65.7 Å². The number of Topliss-reactive ketones (excluding diaryl/α,β-unsaturated/α-hetero) is 1. The third-order valence-electron chi connectivity index (χ3n) is 5.22. The average Bonchev–Trinajstić information content (AvgIpc) is 3.08. The van der Waals surface area contributed by atoms with Gasteiger partial charge in [-0.25, -0.2) is 0 Å². The number of carbonyl (C=O) groups is 1. The van der Waals surface area contributed by atoms with Crippen molar-refractivity contribution in [1.82, 2.24) is 10.2 Å². The number of hydrogen-bond acceptors (Lipinski definition) is 4. The van der Waals surface area contributed by atoms with Crippen LogP contribution in [0, 0.1) is 0 Å². The highest BCUT2D eigenvalue weighted by molar-refractivity contribution is 5.89. The molecule has 4 heteroatoms. The number of nitrogens with zero attached hydrogens (tertiary/aromatic N) is 2. The fourth-order valence-corrected chi connectivity index (χ4v) is 4.01. The Hall–Kier alpha value is -2.17. The predicted octanol–water partition coefficient (Wildman–Crippen LogP) is 2.09. The van der Waals surface area contributed by atoms with Gasteiger partial charge in [-0.05, 0) is 23.6 Å². The first kappa shape index (κ1) is 16.3. The minimum Gasteiger partial charge on any atom is -0.349 e. The lowest BCUT2D eigenvalue weighted by molar-refractivity contribution is -0.123. The number of para-hydroxylation sites is 1. The van der Waals surface area contributed by atoms with Gasteiger partial charge in [0.1, 0.15) is 6.17 Å². The highest BCUT2D eigenvalue weighted by atomic mass is 16.1. The van der Waals surface area contributed by atoms with Crippen molar-refractivity contribution in [3.63, 3.8) is 0 Å². The van der Waals surface area contributed by atoms with E-state index in [0.717, 1.165) is 44.7 Å². The molecular formula is C21H25N3O. The van der Waals surface area contributed by atoms with Gasteiger partial charge in [0.15, 0.2) is 5.78 Å². The van der Waals surface area contributed by atoms with Crippen molar-refractivity contribution in [2.24, 2.45) is 0 Å². The molecule has 2 aromatic carbocycles. The van der Waals surface area contributed by atoms with Crippen LogP contribution in [-0.2, 0) is 17.6 Å². The minimum absolute atomic E-state index is 0.161. The Balaban J connectivity index is 1.61. The van der Waals surface area contributed by atoms with E-state index >= 15 is 0 Å². The number of carbonyl (C=O) groups excluding carboxylic acids is 1. The molecular weight excluding hydrogens is 310 g/mol. The van der Waals surface area contributed by atoms with E-state index in [0.29, 0.717) is 12.2 Å². The van der Waals surface area contributed by atoms with E-state index in [1.165, 1.54) is 11.3 Å². The third kappa shape index (κ3) is 3.46. The molecule has 1 unspecified atom stereocenters. The normalized spacial score (nSPS) is 18.8. The largest absolute Gasteiger partial charge is 0.349 e. The first-order chi connectivity index (χ1) is 12.3. The second-order valence-corrected chi connectivity index (χ2v) is 6.86. The van der Waals surface area contributed by atoms with Gasteiger partial charge in [0, 0.05) is 44.8 Å². The highest BCUT2D eigenvalue weighted by Gasteiger charge is 2.35. The zero-order valence-electron chi connectivity index (χ0n) is 14.5. The summed E-state index contributed by atoms with van der Waals surface area (Å²) < 4.78 is 0. The van der Waals surface area contributed by atoms with Crippen LogP contribution in [0.1, 0.15) is 11.1 Å². The maximum atomic E-state index is 13.3. The van der Waals surface area contributed by atoms with Crippen LogP contribution in [0.5, 0.6) is 0 Å². The summed E-state index contributed by atoms with van der Waals surface area (Å²) in [5.74, 6) is 0.296. The van der Waals surface area contributed by atoms with Crippen LogP contribution in [-0.4, -0.2) is 49.6 Å². The van der Waals surface area contributed by atoms with Gasteiger partial charge in [-0.15, -0.1) is 0 Å². The number of benzene rings is 2. The van der Waals surface area contributed by atoms with Crippen LogP contribution in [0.3, 0.4) is 0 Å². The number of rotatable bonds is 5. The fraction of sp³-hybridized carbons (Fsp3) is 0.381. The second-order valence-electron chi connectivity index (χ2n) is 6.86. The summed E-state index contributed by atoms with van der Waals surface area (Å²) in [4.78, 5) is 18.0. The average molecular weight is 335 g/mol. The summed E-state index contributed by atoms with van der Waals surface area (Å²) in [5, 5.41) is 3.40. The van der Waals surface area contributed by atoms with Crippen LogP contribution in [0.25, 0.3) is 0 Å². The molecule has 2 aliphatic heterocycles. The monoisotopic (exact) mass is 335 g/mol. The van der Waals surface area contributed by atoms with Crippen molar-refractivity contribution in [1.29, 1.82) is 0 Å². The summed E-state index contributed by atoms with van der Waals surface area (Å²) in [6.07, 6.45) is 1.36. The number of nitrogens with one attached hydrogen (secondary N) is 1. The molecule has 2 heterocycles. The molecule has 25 heavy (non-hydrogen) atoms. The summed E-state index contributed by atoms with van der Waals surface area (Å²) in [7, 11) is 0. The van der Waals surface area contributed by atoms with Gasteiger partial charge in [0.2, 0.25) is 0 Å². The molecule has 1 fully saturated rings. The lowest BCUT2D eigenvalue weighted by Crippen LogP contribution is -2.58. The maximum Gasteiger partial charge on any atom is 0.174 e. The standard InChI is InChI=1S/C21H25N3O/c25-20(16-17-6-2-1-3-7-17)21(23-14-11-22-12-15-23)24-13-10-18-8-4-5-9-19(18)24/h1-9,21-22H,10-16H2. The van der Waals surface area contributed by atoms with Crippen molar-refractivity contribution in [2.45, 2.75) is 19.0 Å². The van der Waals surface area contributed by atoms with Crippen molar-refractivity contribution >= 4 is 11.5 Å². The van der Waals surface area contributed by atoms with E-state index in [2.05, 4.69) is 39.4 Å². The van der Waals surface area contributed by atoms with E-state index in [9.17, 15) is 4.79 Å². The maximum absolute atomic E-state index is 13.3. The zero-order chi connectivity index (χ0) is 17.1. The van der Waals surface area contributed by atoms with Crippen molar-refractivity contribution in [2.75, 3.05) is 37.6 Å². The Labute approximate surface area is 149 Å². The van der Waals surface area contributed by atoms with E-state index in [-0.39, 0.29) is 6.17 Å². The number of anilines is 1. The molecule has 1 N–H and O–H groups in total. The van der Waals surface area contributed by atoms with Gasteiger partial charge >= 0.3 is 0 Å².